The van der Waals surface area contributed by atoms with Crippen LogP contribution in [0.3, 0.4) is 0 Å². The van der Waals surface area contributed by atoms with Crippen molar-refractivity contribution in [1.29, 1.82) is 0 Å². The molecular formula is C7H3F2NO3S. The molecule has 0 fully saturated rings. The molecule has 1 rings (SSSR count). The maximum Gasteiger partial charge on any atom is 0.295 e. The third-order valence-corrected chi connectivity index (χ3v) is 2.51. The van der Waals surface area contributed by atoms with Crippen LogP contribution in [0.4, 0.5) is 8.78 Å². The number of benzene rings is 1. The van der Waals surface area contributed by atoms with Gasteiger partial charge in [-0.25, -0.2) is 13.6 Å². The summed E-state index contributed by atoms with van der Waals surface area (Å²) in [7, 11) is -4.48. The second kappa shape index (κ2) is 3.65. The summed E-state index contributed by atoms with van der Waals surface area (Å²) < 4.78 is 49.7. The van der Waals surface area contributed by atoms with Crippen LogP contribution in [-0.2, 0) is 14.8 Å². The summed E-state index contributed by atoms with van der Waals surface area (Å²) in [5.41, 5.74) is 0. The van der Waals surface area contributed by atoms with Gasteiger partial charge >= 0.3 is 0 Å². The first-order valence-corrected chi connectivity index (χ1v) is 4.70. The van der Waals surface area contributed by atoms with Gasteiger partial charge in [0.15, 0.2) is 0 Å². The van der Waals surface area contributed by atoms with Crippen molar-refractivity contribution in [2.24, 2.45) is 4.40 Å². The van der Waals surface area contributed by atoms with Crippen molar-refractivity contribution >= 4 is 16.1 Å². The summed E-state index contributed by atoms with van der Waals surface area (Å²) in [6.07, 6.45) is 0.751. The Kier molecular flexibility index (Phi) is 2.73. The monoisotopic (exact) mass is 219 g/mol. The zero-order valence-electron chi connectivity index (χ0n) is 6.57. The number of nitrogens with zero attached hydrogens (tertiary/aromatic N) is 1. The van der Waals surface area contributed by atoms with E-state index in [1.54, 1.807) is 0 Å². The SMILES string of the molecule is O=C=NS(=O)(=O)c1cc(F)ccc1F. The minimum atomic E-state index is -4.48. The summed E-state index contributed by atoms with van der Waals surface area (Å²) in [6.45, 7) is 0. The van der Waals surface area contributed by atoms with Gasteiger partial charge in [0.05, 0.1) is 0 Å². The lowest BCUT2D eigenvalue weighted by Gasteiger charge is -1.98. The first kappa shape index (κ1) is 10.5. The van der Waals surface area contributed by atoms with Crippen LogP contribution in [0, 0.1) is 11.6 Å². The highest BCUT2D eigenvalue weighted by Crippen LogP contribution is 2.17. The van der Waals surface area contributed by atoms with E-state index in [9.17, 15) is 22.0 Å². The van der Waals surface area contributed by atoms with Crippen molar-refractivity contribution in [2.45, 2.75) is 4.90 Å². The van der Waals surface area contributed by atoms with Crippen LogP contribution in [-0.4, -0.2) is 14.5 Å². The van der Waals surface area contributed by atoms with Gasteiger partial charge in [0.2, 0.25) is 0 Å². The molecule has 7 heteroatoms. The van der Waals surface area contributed by atoms with Gasteiger partial charge in [-0.3, -0.25) is 0 Å². The molecule has 0 N–H and O–H groups in total. The molecule has 0 aliphatic heterocycles. The quantitative estimate of drug-likeness (QED) is 0.550. The Balaban J connectivity index is 3.46. The molecule has 0 bridgehead atoms. The molecule has 1 aromatic carbocycles. The molecule has 0 unspecified atom stereocenters. The van der Waals surface area contributed by atoms with Crippen molar-refractivity contribution in [3.8, 4) is 0 Å². The largest absolute Gasteiger partial charge is 0.295 e. The number of hydrogen-bond donors (Lipinski definition) is 0. The predicted molar refractivity (Wildman–Crippen MR) is 41.7 cm³/mol. The molecule has 0 heterocycles. The molecule has 14 heavy (non-hydrogen) atoms. The maximum atomic E-state index is 12.9. The number of halogens is 2. The van der Waals surface area contributed by atoms with Crippen molar-refractivity contribution in [3.63, 3.8) is 0 Å². The third kappa shape index (κ3) is 2.01. The van der Waals surface area contributed by atoms with Crippen LogP contribution in [0.2, 0.25) is 0 Å². The molecule has 0 aromatic heterocycles. The fraction of sp³-hybridized carbons (Fsp3) is 0. The molecule has 0 aliphatic rings. The summed E-state index contributed by atoms with van der Waals surface area (Å²) in [4.78, 5) is 8.72. The zero-order valence-corrected chi connectivity index (χ0v) is 7.38. The van der Waals surface area contributed by atoms with Gasteiger partial charge < -0.3 is 0 Å². The fourth-order valence-corrected chi connectivity index (χ4v) is 1.55. The van der Waals surface area contributed by atoms with Crippen LogP contribution in [0.25, 0.3) is 0 Å². The molecule has 4 nitrogen and oxygen atoms in total. The van der Waals surface area contributed by atoms with Crippen LogP contribution in [0.15, 0.2) is 27.5 Å². The predicted octanol–water partition coefficient (Wildman–Crippen LogP) is 0.989. The van der Waals surface area contributed by atoms with Gasteiger partial charge in [0.25, 0.3) is 16.1 Å². The first-order valence-electron chi connectivity index (χ1n) is 3.26. The normalized spacial score (nSPS) is 10.7. The summed E-state index contributed by atoms with van der Waals surface area (Å²) >= 11 is 0. The van der Waals surface area contributed by atoms with Gasteiger partial charge in [0, 0.05) is 0 Å². The van der Waals surface area contributed by atoms with E-state index in [0.717, 1.165) is 12.1 Å². The van der Waals surface area contributed by atoms with Gasteiger partial charge in [-0.05, 0) is 18.2 Å². The molecule has 0 saturated heterocycles. The van der Waals surface area contributed by atoms with E-state index < -0.39 is 26.6 Å². The Morgan fingerprint density at radius 1 is 1.29 bits per heavy atom. The van der Waals surface area contributed by atoms with E-state index in [2.05, 4.69) is 4.40 Å². The molecular weight excluding hydrogens is 216 g/mol. The highest BCUT2D eigenvalue weighted by atomic mass is 32.2. The van der Waals surface area contributed by atoms with E-state index in [4.69, 9.17) is 0 Å². The third-order valence-electron chi connectivity index (χ3n) is 1.33. The van der Waals surface area contributed by atoms with E-state index in [0.29, 0.717) is 12.1 Å². The Labute approximate surface area is 77.9 Å². The lowest BCUT2D eigenvalue weighted by atomic mass is 10.3. The second-order valence-corrected chi connectivity index (χ2v) is 3.80. The second-order valence-electron chi connectivity index (χ2n) is 2.23. The Morgan fingerprint density at radius 2 is 1.93 bits per heavy atom. The molecule has 0 radical (unpaired) electrons. The van der Waals surface area contributed by atoms with Crippen molar-refractivity contribution in [1.82, 2.24) is 0 Å². The van der Waals surface area contributed by atoms with E-state index in [1.165, 1.54) is 0 Å². The standard InChI is InChI=1S/C7H3F2NO3S/c8-5-1-2-6(9)7(3-5)14(12,13)10-4-11/h1-3H. The van der Waals surface area contributed by atoms with Gasteiger partial charge in [-0.15, -0.1) is 0 Å². The minimum Gasteiger partial charge on any atom is -0.210 e. The van der Waals surface area contributed by atoms with Crippen molar-refractivity contribution in [3.05, 3.63) is 29.8 Å². The molecule has 0 spiro atoms. The van der Waals surface area contributed by atoms with Crippen molar-refractivity contribution < 1.29 is 22.0 Å². The smallest absolute Gasteiger partial charge is 0.210 e. The molecule has 74 valence electrons. The van der Waals surface area contributed by atoms with Crippen LogP contribution in [0.1, 0.15) is 0 Å². The Bertz CT molecular complexity index is 506. The average molecular weight is 219 g/mol. The number of isocyanates is 1. The molecule has 0 aliphatic carbocycles. The van der Waals surface area contributed by atoms with E-state index >= 15 is 0 Å². The Morgan fingerprint density at radius 3 is 2.50 bits per heavy atom. The maximum absolute atomic E-state index is 12.9. The molecule has 0 saturated carbocycles. The first-order chi connectivity index (χ1) is 6.47. The van der Waals surface area contributed by atoms with Crippen LogP contribution in [0.5, 0.6) is 0 Å². The van der Waals surface area contributed by atoms with Crippen LogP contribution < -0.4 is 0 Å². The highest BCUT2D eigenvalue weighted by Gasteiger charge is 2.18. The number of carbonyl (C=O) groups excluding carboxylic acids is 1. The summed E-state index contributed by atoms with van der Waals surface area (Å²) in [5.74, 6) is -2.11. The number of hydrogen-bond acceptors (Lipinski definition) is 3. The number of sulfonamides is 1. The number of rotatable bonds is 2. The molecule has 0 amide bonds. The topological polar surface area (TPSA) is 63.6 Å². The van der Waals surface area contributed by atoms with Gasteiger partial charge in [-0.2, -0.15) is 8.42 Å². The summed E-state index contributed by atoms with van der Waals surface area (Å²) in [5, 5.41) is 0. The Hall–Kier alpha value is -1.59. The van der Waals surface area contributed by atoms with Gasteiger partial charge in [-0.1, -0.05) is 4.40 Å². The average Bonchev–Trinajstić information content (AvgIpc) is 2.09. The lowest BCUT2D eigenvalue weighted by molar-refractivity contribution is 0.551. The molecule has 0 atom stereocenters. The van der Waals surface area contributed by atoms with Crippen molar-refractivity contribution in [2.75, 3.05) is 0 Å². The minimum absolute atomic E-state index is 0.436. The van der Waals surface area contributed by atoms with Crippen LogP contribution >= 0.6 is 0 Å². The van der Waals surface area contributed by atoms with E-state index in [1.807, 2.05) is 0 Å². The fourth-order valence-electron chi connectivity index (χ4n) is 0.773. The lowest BCUT2D eigenvalue weighted by Crippen LogP contribution is -2.00. The molecule has 1 aromatic rings. The summed E-state index contributed by atoms with van der Waals surface area (Å²) in [6, 6.07) is 1.81. The van der Waals surface area contributed by atoms with E-state index in [-0.39, 0.29) is 0 Å². The zero-order chi connectivity index (χ0) is 10.8. The highest BCUT2D eigenvalue weighted by molar-refractivity contribution is 7.90. The van der Waals surface area contributed by atoms with Gasteiger partial charge in [0.1, 0.15) is 16.5 Å².